The molecule has 3 aromatic heterocycles. The third-order valence-corrected chi connectivity index (χ3v) is 5.87. The van der Waals surface area contributed by atoms with E-state index in [1.165, 1.54) is 19.5 Å². The zero-order valence-electron chi connectivity index (χ0n) is 20.1. The van der Waals surface area contributed by atoms with Crippen LogP contribution in [0, 0.1) is 6.92 Å². The van der Waals surface area contributed by atoms with E-state index in [-0.39, 0.29) is 11.3 Å². The topological polar surface area (TPSA) is 135 Å². The number of hydrogen-bond donors (Lipinski definition) is 2. The predicted octanol–water partition coefficient (Wildman–Crippen LogP) is 4.63. The van der Waals surface area contributed by atoms with Gasteiger partial charge in [0.15, 0.2) is 5.69 Å². The lowest BCUT2D eigenvalue weighted by Gasteiger charge is -2.10. The number of rotatable bonds is 6. The molecular formula is C28H23N5O4. The first-order valence-electron chi connectivity index (χ1n) is 11.4. The maximum absolute atomic E-state index is 12.8. The Morgan fingerprint density at radius 1 is 0.946 bits per heavy atom. The van der Waals surface area contributed by atoms with Gasteiger partial charge in [-0.15, -0.1) is 0 Å². The van der Waals surface area contributed by atoms with E-state index in [1.54, 1.807) is 34.7 Å². The minimum atomic E-state index is -0.633. The summed E-state index contributed by atoms with van der Waals surface area (Å²) in [6.45, 7) is 1.89. The summed E-state index contributed by atoms with van der Waals surface area (Å²) in [4.78, 5) is 33.5. The molecule has 2 aromatic carbocycles. The van der Waals surface area contributed by atoms with Crippen molar-refractivity contribution in [1.29, 1.82) is 0 Å². The van der Waals surface area contributed by atoms with Crippen LogP contribution in [-0.4, -0.2) is 33.4 Å². The van der Waals surface area contributed by atoms with Crippen molar-refractivity contribution in [1.82, 2.24) is 14.4 Å². The summed E-state index contributed by atoms with van der Waals surface area (Å²) in [7, 11) is 1.28. The highest BCUT2D eigenvalue weighted by atomic mass is 16.5. The number of hydrogen-bond acceptors (Lipinski definition) is 7. The molecule has 4 N–H and O–H groups in total. The first-order valence-corrected chi connectivity index (χ1v) is 11.4. The lowest BCUT2D eigenvalue weighted by atomic mass is 9.97. The summed E-state index contributed by atoms with van der Waals surface area (Å²) < 4.78 is 12.5. The van der Waals surface area contributed by atoms with E-state index in [9.17, 15) is 9.59 Å². The van der Waals surface area contributed by atoms with Gasteiger partial charge in [0.05, 0.1) is 30.1 Å². The van der Waals surface area contributed by atoms with Gasteiger partial charge in [-0.25, -0.2) is 14.8 Å². The van der Waals surface area contributed by atoms with Crippen LogP contribution in [0.15, 0.2) is 79.1 Å². The number of fused-ring (bicyclic) bond motifs is 1. The van der Waals surface area contributed by atoms with E-state index in [0.717, 1.165) is 11.3 Å². The second kappa shape index (κ2) is 9.46. The predicted molar refractivity (Wildman–Crippen MR) is 139 cm³/mol. The number of pyridine rings is 1. The van der Waals surface area contributed by atoms with Crippen LogP contribution in [-0.2, 0) is 4.74 Å². The number of esters is 1. The van der Waals surface area contributed by atoms with Gasteiger partial charge in [0.1, 0.15) is 5.75 Å². The third-order valence-electron chi connectivity index (χ3n) is 5.87. The largest absolute Gasteiger partial charge is 0.464 e. The van der Waals surface area contributed by atoms with Gasteiger partial charge < -0.3 is 25.3 Å². The van der Waals surface area contributed by atoms with Gasteiger partial charge in [0.25, 0.3) is 5.91 Å². The number of carbonyl (C=O) groups excluding carboxylic acids is 2. The zero-order chi connectivity index (χ0) is 26.1. The molecule has 3 heterocycles. The molecule has 0 spiro atoms. The van der Waals surface area contributed by atoms with Crippen molar-refractivity contribution >= 4 is 23.1 Å². The van der Waals surface area contributed by atoms with Crippen molar-refractivity contribution in [2.45, 2.75) is 6.92 Å². The van der Waals surface area contributed by atoms with Crippen LogP contribution in [0.2, 0.25) is 0 Å². The van der Waals surface area contributed by atoms with Crippen LogP contribution >= 0.6 is 0 Å². The minimum Gasteiger partial charge on any atom is -0.464 e. The van der Waals surface area contributed by atoms with Crippen LogP contribution < -0.4 is 16.2 Å². The van der Waals surface area contributed by atoms with Crippen LogP contribution in [0.3, 0.4) is 0 Å². The fourth-order valence-electron chi connectivity index (χ4n) is 4.21. The van der Waals surface area contributed by atoms with E-state index < -0.39 is 11.9 Å². The second-order valence-corrected chi connectivity index (χ2v) is 8.35. The number of aromatic nitrogens is 3. The highest BCUT2D eigenvalue weighted by molar-refractivity contribution is 6.11. The van der Waals surface area contributed by atoms with Gasteiger partial charge in [0, 0.05) is 29.2 Å². The smallest absolute Gasteiger partial charge is 0.358 e. The third kappa shape index (κ3) is 4.45. The molecule has 9 nitrogen and oxygen atoms in total. The maximum Gasteiger partial charge on any atom is 0.358 e. The molecule has 5 aromatic rings. The molecule has 0 unspecified atom stereocenters. The molecule has 0 radical (unpaired) electrons. The van der Waals surface area contributed by atoms with Crippen molar-refractivity contribution in [3.8, 4) is 34.0 Å². The number of nitrogen functional groups attached to an aromatic ring is 1. The van der Waals surface area contributed by atoms with E-state index in [1.807, 2.05) is 43.3 Å². The van der Waals surface area contributed by atoms with Crippen molar-refractivity contribution in [2.75, 3.05) is 12.8 Å². The van der Waals surface area contributed by atoms with E-state index in [0.29, 0.717) is 39.7 Å². The number of amides is 1. The summed E-state index contributed by atoms with van der Waals surface area (Å²) in [6, 6.07) is 20.0. The molecule has 37 heavy (non-hydrogen) atoms. The summed E-state index contributed by atoms with van der Waals surface area (Å²) in [5, 5.41) is 0. The van der Waals surface area contributed by atoms with Gasteiger partial charge in [-0.3, -0.25) is 4.79 Å². The SMILES string of the molecule is COC(=O)c1cn2c(-c3ccc(N)cc3)c(-c3ccc(Oc4cccc(C)n4)cc3)c(C(N)=O)c2cn1. The van der Waals surface area contributed by atoms with E-state index in [2.05, 4.69) is 9.97 Å². The molecule has 1 amide bonds. The maximum atomic E-state index is 12.8. The normalized spacial score (nSPS) is 10.9. The Labute approximate surface area is 212 Å². The Balaban J connectivity index is 1.71. The molecule has 9 heteroatoms. The fourth-order valence-corrected chi connectivity index (χ4v) is 4.21. The fraction of sp³-hybridized carbons (Fsp3) is 0.0714. The summed E-state index contributed by atoms with van der Waals surface area (Å²) in [6.07, 6.45) is 2.97. The molecule has 0 aliphatic heterocycles. The van der Waals surface area contributed by atoms with Crippen molar-refractivity contribution in [2.24, 2.45) is 5.73 Å². The molecule has 0 saturated heterocycles. The molecule has 0 bridgehead atoms. The number of anilines is 1. The summed E-state index contributed by atoms with van der Waals surface area (Å²) >= 11 is 0. The molecule has 5 rings (SSSR count). The Bertz CT molecular complexity index is 1640. The number of primary amides is 1. The van der Waals surface area contributed by atoms with Crippen LogP contribution in [0.5, 0.6) is 11.6 Å². The number of aryl methyl sites for hydroxylation is 1. The van der Waals surface area contributed by atoms with Gasteiger partial charge in [-0.05, 0) is 48.4 Å². The van der Waals surface area contributed by atoms with Crippen molar-refractivity contribution in [3.05, 3.63) is 96.1 Å². The van der Waals surface area contributed by atoms with Crippen LogP contribution in [0.25, 0.3) is 27.9 Å². The molecule has 0 aliphatic rings. The highest BCUT2D eigenvalue weighted by Crippen LogP contribution is 2.40. The number of ether oxygens (including phenoxy) is 2. The first-order chi connectivity index (χ1) is 17.9. The van der Waals surface area contributed by atoms with Crippen molar-refractivity contribution < 1.29 is 19.1 Å². The Morgan fingerprint density at radius 3 is 2.30 bits per heavy atom. The molecule has 0 fully saturated rings. The Morgan fingerprint density at radius 2 is 1.65 bits per heavy atom. The monoisotopic (exact) mass is 493 g/mol. The number of methoxy groups -OCH3 is 1. The van der Waals surface area contributed by atoms with Crippen LogP contribution in [0.4, 0.5) is 5.69 Å². The number of benzene rings is 2. The van der Waals surface area contributed by atoms with Crippen LogP contribution in [0.1, 0.15) is 26.5 Å². The minimum absolute atomic E-state index is 0.0821. The highest BCUT2D eigenvalue weighted by Gasteiger charge is 2.25. The quantitative estimate of drug-likeness (QED) is 0.260. The number of nitrogens with two attached hydrogens (primary N) is 2. The average molecular weight is 494 g/mol. The average Bonchev–Trinajstić information content (AvgIpc) is 3.24. The zero-order valence-corrected chi connectivity index (χ0v) is 20.1. The second-order valence-electron chi connectivity index (χ2n) is 8.35. The summed E-state index contributed by atoms with van der Waals surface area (Å²) in [5.74, 6) is -0.183. The molecule has 0 saturated carbocycles. The van der Waals surface area contributed by atoms with Gasteiger partial charge >= 0.3 is 5.97 Å². The lowest BCUT2D eigenvalue weighted by Crippen LogP contribution is -2.12. The van der Waals surface area contributed by atoms with Gasteiger partial charge in [0.2, 0.25) is 5.88 Å². The summed E-state index contributed by atoms with van der Waals surface area (Å²) in [5.41, 5.74) is 16.7. The van der Waals surface area contributed by atoms with Gasteiger partial charge in [-0.2, -0.15) is 0 Å². The van der Waals surface area contributed by atoms with E-state index in [4.69, 9.17) is 20.9 Å². The number of carbonyl (C=O) groups is 2. The lowest BCUT2D eigenvalue weighted by molar-refractivity contribution is 0.0593. The Kier molecular flexibility index (Phi) is 6.02. The Hall–Kier alpha value is -5.18. The standard InChI is InChI=1S/C28H23N5O4/c1-16-4-3-5-23(32-16)37-20-12-8-17(9-13-20)24-25(27(30)34)22-14-31-21(28(35)36-2)15-33(22)26(24)18-6-10-19(29)11-7-18/h3-15H,29H2,1-2H3,(H2,30,34). The van der Waals surface area contributed by atoms with E-state index >= 15 is 0 Å². The molecule has 0 atom stereocenters. The van der Waals surface area contributed by atoms with Crippen molar-refractivity contribution in [3.63, 3.8) is 0 Å². The molecule has 184 valence electrons. The van der Waals surface area contributed by atoms with Gasteiger partial charge in [-0.1, -0.05) is 30.3 Å². The first kappa shape index (κ1) is 23.6. The number of nitrogens with zero attached hydrogens (tertiary/aromatic N) is 3. The molecule has 0 aliphatic carbocycles. The molecular weight excluding hydrogens is 470 g/mol.